The molecule has 0 aliphatic rings. The van der Waals surface area contributed by atoms with Crippen molar-refractivity contribution in [1.29, 1.82) is 0 Å². The van der Waals surface area contributed by atoms with E-state index in [1.165, 1.54) is 0 Å². The van der Waals surface area contributed by atoms with Gasteiger partial charge in [-0.15, -0.1) is 0 Å². The van der Waals surface area contributed by atoms with Gasteiger partial charge in [0.05, 0.1) is 0 Å². The van der Waals surface area contributed by atoms with Crippen LogP contribution in [0, 0.1) is 13.8 Å². The predicted octanol–water partition coefficient (Wildman–Crippen LogP) is 2.78. The summed E-state index contributed by atoms with van der Waals surface area (Å²) in [4.78, 5) is 7.96. The van der Waals surface area contributed by atoms with Crippen LogP contribution in [0.5, 0.6) is 0 Å². The van der Waals surface area contributed by atoms with Crippen molar-refractivity contribution < 1.29 is 17.1 Å². The smallest absolute Gasteiger partial charge is 0.262 e. The second-order valence-corrected chi connectivity index (χ2v) is 2.94. The first-order valence-corrected chi connectivity index (χ1v) is 4.54. The Morgan fingerprint density at radius 2 is 1.13 bits per heavy atom. The zero-order chi connectivity index (χ0) is 10.2. The van der Waals surface area contributed by atoms with E-state index >= 15 is 0 Å². The van der Waals surface area contributed by atoms with E-state index in [4.69, 9.17) is 0 Å². The topological polar surface area (TPSA) is 25.8 Å². The average Bonchev–Trinajstić information content (AvgIpc) is 2.21. The van der Waals surface area contributed by atoms with Crippen molar-refractivity contribution in [3.63, 3.8) is 0 Å². The van der Waals surface area contributed by atoms with E-state index in [9.17, 15) is 0 Å². The molecular formula is C12H14CuN2+2. The summed E-state index contributed by atoms with van der Waals surface area (Å²) in [5.41, 5.74) is 2.14. The maximum Gasteiger partial charge on any atom is 2.00 e. The fraction of sp³-hybridized carbons (Fsp3) is 0.167. The zero-order valence-corrected chi connectivity index (χ0v) is 9.76. The van der Waals surface area contributed by atoms with Crippen LogP contribution in [0.4, 0.5) is 0 Å². The SMILES string of the molecule is Cc1ccccn1.Cc1ccccn1.[Cu+2]. The number of hydrogen-bond donors (Lipinski definition) is 0. The summed E-state index contributed by atoms with van der Waals surface area (Å²) in [5, 5.41) is 0. The molecule has 15 heavy (non-hydrogen) atoms. The predicted molar refractivity (Wildman–Crippen MR) is 57.9 cm³/mol. The summed E-state index contributed by atoms with van der Waals surface area (Å²) in [6.45, 7) is 3.94. The van der Waals surface area contributed by atoms with Gasteiger partial charge in [0.15, 0.2) is 0 Å². The van der Waals surface area contributed by atoms with E-state index in [0.717, 1.165) is 11.4 Å². The standard InChI is InChI=1S/2C6H7N.Cu/c2*1-6-4-2-3-5-7-6;/h2*2-5H,1H3;/q;;+2. The maximum atomic E-state index is 3.98. The number of pyridine rings is 2. The normalized spacial score (nSPS) is 8.13. The third-order valence-corrected chi connectivity index (χ3v) is 1.63. The second kappa shape index (κ2) is 8.15. The molecule has 0 bridgehead atoms. The molecule has 2 rings (SSSR count). The van der Waals surface area contributed by atoms with Gasteiger partial charge >= 0.3 is 17.1 Å². The summed E-state index contributed by atoms with van der Waals surface area (Å²) in [6.07, 6.45) is 3.57. The van der Waals surface area contributed by atoms with Crippen LogP contribution < -0.4 is 0 Å². The molecule has 0 amide bonds. The Labute approximate surface area is 101 Å². The van der Waals surface area contributed by atoms with Gasteiger partial charge in [-0.25, -0.2) is 0 Å². The second-order valence-electron chi connectivity index (χ2n) is 2.94. The quantitative estimate of drug-likeness (QED) is 0.671. The van der Waals surface area contributed by atoms with Gasteiger partial charge in [0.25, 0.3) is 0 Å². The molecule has 0 spiro atoms. The van der Waals surface area contributed by atoms with Crippen molar-refractivity contribution >= 4 is 0 Å². The number of rotatable bonds is 0. The van der Waals surface area contributed by atoms with Crippen molar-refractivity contribution in [2.24, 2.45) is 0 Å². The molecule has 2 nitrogen and oxygen atoms in total. The van der Waals surface area contributed by atoms with Gasteiger partial charge in [-0.2, -0.15) is 0 Å². The first-order chi connectivity index (χ1) is 6.79. The minimum Gasteiger partial charge on any atom is -0.262 e. The van der Waals surface area contributed by atoms with Crippen molar-refractivity contribution in [1.82, 2.24) is 9.97 Å². The molecule has 0 N–H and O–H groups in total. The molecule has 2 aromatic rings. The van der Waals surface area contributed by atoms with Gasteiger partial charge < -0.3 is 0 Å². The Morgan fingerprint density at radius 3 is 1.27 bits per heavy atom. The molecule has 0 saturated carbocycles. The van der Waals surface area contributed by atoms with Gasteiger partial charge in [0.2, 0.25) is 0 Å². The molecule has 0 aliphatic carbocycles. The number of hydrogen-bond acceptors (Lipinski definition) is 2. The van der Waals surface area contributed by atoms with Crippen molar-refractivity contribution in [3.05, 3.63) is 60.2 Å². The zero-order valence-electron chi connectivity index (χ0n) is 8.81. The third-order valence-electron chi connectivity index (χ3n) is 1.63. The molecule has 0 saturated heterocycles. The molecule has 0 atom stereocenters. The van der Waals surface area contributed by atoms with Gasteiger partial charge in [-0.1, -0.05) is 12.1 Å². The van der Waals surface area contributed by atoms with Crippen LogP contribution in [0.25, 0.3) is 0 Å². The molecule has 2 aromatic heterocycles. The van der Waals surface area contributed by atoms with Crippen LogP contribution in [0.3, 0.4) is 0 Å². The van der Waals surface area contributed by atoms with Crippen LogP contribution in [-0.4, -0.2) is 9.97 Å². The van der Waals surface area contributed by atoms with E-state index in [-0.39, 0.29) is 17.1 Å². The van der Waals surface area contributed by atoms with E-state index in [1.807, 2.05) is 50.2 Å². The molecule has 0 fully saturated rings. The molecule has 0 aliphatic heterocycles. The number of nitrogens with zero attached hydrogens (tertiary/aromatic N) is 2. The summed E-state index contributed by atoms with van der Waals surface area (Å²) in [6, 6.07) is 11.7. The fourth-order valence-electron chi connectivity index (χ4n) is 0.896. The minimum atomic E-state index is 0. The van der Waals surface area contributed by atoms with Gasteiger partial charge in [-0.3, -0.25) is 9.97 Å². The Morgan fingerprint density at radius 1 is 0.733 bits per heavy atom. The first-order valence-electron chi connectivity index (χ1n) is 4.54. The van der Waals surface area contributed by atoms with Crippen LogP contribution in [-0.2, 0) is 17.1 Å². The minimum absolute atomic E-state index is 0. The van der Waals surface area contributed by atoms with Gasteiger partial charge in [-0.05, 0) is 38.1 Å². The Kier molecular flexibility index (Phi) is 7.51. The molecular weight excluding hydrogens is 236 g/mol. The van der Waals surface area contributed by atoms with Crippen molar-refractivity contribution in [3.8, 4) is 0 Å². The molecule has 2 heterocycles. The van der Waals surface area contributed by atoms with E-state index in [1.54, 1.807) is 12.4 Å². The molecule has 0 aromatic carbocycles. The van der Waals surface area contributed by atoms with E-state index in [2.05, 4.69) is 9.97 Å². The summed E-state index contributed by atoms with van der Waals surface area (Å²) in [5.74, 6) is 0. The Hall–Kier alpha value is -1.18. The summed E-state index contributed by atoms with van der Waals surface area (Å²) >= 11 is 0. The summed E-state index contributed by atoms with van der Waals surface area (Å²) < 4.78 is 0. The molecule has 81 valence electrons. The van der Waals surface area contributed by atoms with Crippen LogP contribution in [0.15, 0.2) is 48.8 Å². The van der Waals surface area contributed by atoms with Crippen molar-refractivity contribution in [2.75, 3.05) is 0 Å². The van der Waals surface area contributed by atoms with Crippen LogP contribution in [0.1, 0.15) is 11.4 Å². The largest absolute Gasteiger partial charge is 2.00 e. The average molecular weight is 250 g/mol. The van der Waals surface area contributed by atoms with Crippen molar-refractivity contribution in [2.45, 2.75) is 13.8 Å². The molecule has 3 heteroatoms. The number of aromatic nitrogens is 2. The summed E-state index contributed by atoms with van der Waals surface area (Å²) in [7, 11) is 0. The van der Waals surface area contributed by atoms with Gasteiger partial charge in [0, 0.05) is 23.8 Å². The monoisotopic (exact) mass is 249 g/mol. The Bertz CT molecular complexity index is 311. The van der Waals surface area contributed by atoms with Crippen LogP contribution in [0.2, 0.25) is 0 Å². The third kappa shape index (κ3) is 6.83. The number of aryl methyl sites for hydroxylation is 2. The molecule has 0 unspecified atom stereocenters. The maximum absolute atomic E-state index is 3.98. The van der Waals surface area contributed by atoms with E-state index < -0.39 is 0 Å². The molecule has 1 radical (unpaired) electrons. The Balaban J connectivity index is 0.000000245. The van der Waals surface area contributed by atoms with E-state index in [0.29, 0.717) is 0 Å². The van der Waals surface area contributed by atoms with Gasteiger partial charge in [0.1, 0.15) is 0 Å². The fourth-order valence-corrected chi connectivity index (χ4v) is 0.896. The van der Waals surface area contributed by atoms with Crippen LogP contribution >= 0.6 is 0 Å². The first kappa shape index (κ1) is 13.8.